The molecule has 13 heavy (non-hydrogen) atoms. The summed E-state index contributed by atoms with van der Waals surface area (Å²) in [6, 6.07) is 8.01. The normalized spacial score (nSPS) is 14.2. The van der Waals surface area contributed by atoms with Crippen molar-refractivity contribution in [3.63, 3.8) is 0 Å². The molecule has 3 rings (SSSR count). The third kappa shape index (κ3) is 0.853. The summed E-state index contributed by atoms with van der Waals surface area (Å²) in [7, 11) is 0. The van der Waals surface area contributed by atoms with Crippen molar-refractivity contribution < 1.29 is 0 Å². The fourth-order valence-corrected chi connectivity index (χ4v) is 1.52. The highest BCUT2D eigenvalue weighted by Crippen LogP contribution is 2.18. The van der Waals surface area contributed by atoms with E-state index in [-0.39, 0.29) is 0 Å². The zero-order valence-electron chi connectivity index (χ0n) is 6.94. The smallest absolute Gasteiger partial charge is 0.210 e. The second-order valence-corrected chi connectivity index (χ2v) is 2.93. The van der Waals surface area contributed by atoms with Crippen LogP contribution in [0.2, 0.25) is 0 Å². The van der Waals surface area contributed by atoms with Crippen molar-refractivity contribution in [3.05, 3.63) is 24.3 Å². The number of hydrogen-bond acceptors (Lipinski definition) is 3. The molecular formula is C9H8N4. The maximum Gasteiger partial charge on any atom is 0.210 e. The second kappa shape index (κ2) is 2.32. The van der Waals surface area contributed by atoms with Gasteiger partial charge in [0.2, 0.25) is 5.95 Å². The third-order valence-corrected chi connectivity index (χ3v) is 2.12. The lowest BCUT2D eigenvalue weighted by Gasteiger charge is -2.08. The first-order valence-electron chi connectivity index (χ1n) is 4.16. The van der Waals surface area contributed by atoms with Crippen molar-refractivity contribution in [2.24, 2.45) is 4.99 Å². The molecule has 2 heterocycles. The van der Waals surface area contributed by atoms with Gasteiger partial charge >= 0.3 is 0 Å². The van der Waals surface area contributed by atoms with Gasteiger partial charge < -0.3 is 5.32 Å². The van der Waals surface area contributed by atoms with Crippen LogP contribution >= 0.6 is 0 Å². The lowest BCUT2D eigenvalue weighted by Crippen LogP contribution is -2.13. The van der Waals surface area contributed by atoms with E-state index in [9.17, 15) is 0 Å². The number of para-hydroxylation sites is 2. The number of imidazole rings is 1. The molecule has 0 aliphatic carbocycles. The van der Waals surface area contributed by atoms with Gasteiger partial charge in [-0.15, -0.1) is 0 Å². The Balaban J connectivity index is 2.42. The van der Waals surface area contributed by atoms with E-state index in [0.29, 0.717) is 6.67 Å². The highest BCUT2D eigenvalue weighted by Gasteiger charge is 2.09. The quantitative estimate of drug-likeness (QED) is 0.650. The van der Waals surface area contributed by atoms with Gasteiger partial charge in [0.25, 0.3) is 0 Å². The Morgan fingerprint density at radius 1 is 1.31 bits per heavy atom. The summed E-state index contributed by atoms with van der Waals surface area (Å²) in [5, 5.41) is 3.11. The van der Waals surface area contributed by atoms with Crippen LogP contribution in [-0.4, -0.2) is 22.6 Å². The fraction of sp³-hybridized carbons (Fsp3) is 0.111. The van der Waals surface area contributed by atoms with Gasteiger partial charge in [-0.05, 0) is 12.1 Å². The Kier molecular flexibility index (Phi) is 1.19. The van der Waals surface area contributed by atoms with Crippen LogP contribution in [0.4, 0.5) is 5.95 Å². The molecule has 0 spiro atoms. The molecule has 0 atom stereocenters. The molecule has 1 aliphatic heterocycles. The fourth-order valence-electron chi connectivity index (χ4n) is 1.52. The number of nitrogens with one attached hydrogen (secondary N) is 1. The monoisotopic (exact) mass is 172 g/mol. The first-order valence-corrected chi connectivity index (χ1v) is 4.16. The first-order chi connectivity index (χ1) is 6.45. The van der Waals surface area contributed by atoms with E-state index in [1.165, 1.54) is 0 Å². The molecule has 4 heteroatoms. The van der Waals surface area contributed by atoms with Crippen LogP contribution in [0, 0.1) is 0 Å². The Labute approximate surface area is 74.9 Å². The van der Waals surface area contributed by atoms with Crippen LogP contribution in [0.1, 0.15) is 0 Å². The van der Waals surface area contributed by atoms with Crippen LogP contribution in [0.3, 0.4) is 0 Å². The number of nitrogens with zero attached hydrogens (tertiary/aromatic N) is 3. The molecule has 1 N–H and O–H groups in total. The molecule has 1 aromatic heterocycles. The number of fused-ring (bicyclic) bond motifs is 3. The molecular weight excluding hydrogens is 164 g/mol. The van der Waals surface area contributed by atoms with Gasteiger partial charge in [0, 0.05) is 0 Å². The lowest BCUT2D eigenvalue weighted by molar-refractivity contribution is 1.01. The van der Waals surface area contributed by atoms with Gasteiger partial charge in [-0.1, -0.05) is 12.1 Å². The standard InChI is InChI=1S/C9H8N4/c1-2-4-8-7(3-1)12-9-11-5-10-6-13(8)9/h1-4,6H,5H2,(H,11,12). The Bertz CT molecular complexity index is 483. The molecule has 0 fully saturated rings. The van der Waals surface area contributed by atoms with Crippen molar-refractivity contribution in [2.75, 3.05) is 12.0 Å². The summed E-state index contributed by atoms with van der Waals surface area (Å²) in [5.41, 5.74) is 2.09. The summed E-state index contributed by atoms with van der Waals surface area (Å²) in [6.45, 7) is 0.614. The van der Waals surface area contributed by atoms with E-state index in [0.717, 1.165) is 17.0 Å². The van der Waals surface area contributed by atoms with E-state index >= 15 is 0 Å². The van der Waals surface area contributed by atoms with Gasteiger partial charge in [-0.2, -0.15) is 0 Å². The number of rotatable bonds is 0. The Morgan fingerprint density at radius 3 is 3.23 bits per heavy atom. The highest BCUT2D eigenvalue weighted by atomic mass is 15.3. The van der Waals surface area contributed by atoms with Crippen LogP contribution < -0.4 is 5.32 Å². The minimum Gasteiger partial charge on any atom is -0.336 e. The average molecular weight is 172 g/mol. The van der Waals surface area contributed by atoms with Gasteiger partial charge in [-0.3, -0.25) is 9.56 Å². The third-order valence-electron chi connectivity index (χ3n) is 2.12. The molecule has 0 saturated heterocycles. The highest BCUT2D eigenvalue weighted by molar-refractivity contribution is 5.87. The van der Waals surface area contributed by atoms with Crippen LogP contribution in [0.15, 0.2) is 29.3 Å². The molecule has 1 aromatic carbocycles. The zero-order chi connectivity index (χ0) is 8.67. The van der Waals surface area contributed by atoms with Gasteiger partial charge in [-0.25, -0.2) is 4.98 Å². The van der Waals surface area contributed by atoms with Crippen molar-refractivity contribution >= 4 is 23.3 Å². The number of benzene rings is 1. The Morgan fingerprint density at radius 2 is 2.23 bits per heavy atom. The maximum absolute atomic E-state index is 4.41. The summed E-state index contributed by atoms with van der Waals surface area (Å²) in [5.74, 6) is 0.871. The zero-order valence-corrected chi connectivity index (χ0v) is 6.94. The maximum atomic E-state index is 4.41. The van der Waals surface area contributed by atoms with Crippen molar-refractivity contribution in [2.45, 2.75) is 0 Å². The van der Waals surface area contributed by atoms with Gasteiger partial charge in [0.1, 0.15) is 6.67 Å². The van der Waals surface area contributed by atoms with Gasteiger partial charge in [0.05, 0.1) is 17.4 Å². The van der Waals surface area contributed by atoms with Crippen molar-refractivity contribution in [3.8, 4) is 0 Å². The van der Waals surface area contributed by atoms with Crippen LogP contribution in [-0.2, 0) is 0 Å². The van der Waals surface area contributed by atoms with Crippen molar-refractivity contribution in [1.29, 1.82) is 0 Å². The SMILES string of the molecule is C1=NCNc2nc3ccccc3n21. The Hall–Kier alpha value is -1.84. The number of anilines is 1. The topological polar surface area (TPSA) is 42.2 Å². The van der Waals surface area contributed by atoms with Crippen LogP contribution in [0.25, 0.3) is 11.0 Å². The number of hydrogen-bond donors (Lipinski definition) is 1. The molecule has 4 nitrogen and oxygen atoms in total. The first kappa shape index (κ1) is 6.65. The molecule has 0 bridgehead atoms. The van der Waals surface area contributed by atoms with Crippen molar-refractivity contribution in [1.82, 2.24) is 9.55 Å². The number of aromatic nitrogens is 2. The lowest BCUT2D eigenvalue weighted by atomic mass is 10.3. The van der Waals surface area contributed by atoms with E-state index in [1.54, 1.807) is 6.34 Å². The predicted molar refractivity (Wildman–Crippen MR) is 52.1 cm³/mol. The minimum absolute atomic E-state index is 0.614. The summed E-state index contributed by atoms with van der Waals surface area (Å²) >= 11 is 0. The average Bonchev–Trinajstić information content (AvgIpc) is 2.56. The molecule has 2 aromatic rings. The molecule has 0 amide bonds. The molecule has 64 valence electrons. The largest absolute Gasteiger partial charge is 0.336 e. The van der Waals surface area contributed by atoms with E-state index in [1.807, 2.05) is 28.8 Å². The number of aliphatic imine (C=N–C) groups is 1. The van der Waals surface area contributed by atoms with E-state index in [2.05, 4.69) is 15.3 Å². The summed E-state index contributed by atoms with van der Waals surface area (Å²) < 4.78 is 1.96. The summed E-state index contributed by atoms with van der Waals surface area (Å²) in [6.07, 6.45) is 1.81. The van der Waals surface area contributed by atoms with E-state index < -0.39 is 0 Å². The predicted octanol–water partition coefficient (Wildman–Crippen LogP) is 1.30. The van der Waals surface area contributed by atoms with E-state index in [4.69, 9.17) is 0 Å². The molecule has 1 aliphatic rings. The molecule has 0 unspecified atom stereocenters. The van der Waals surface area contributed by atoms with Crippen LogP contribution in [0.5, 0.6) is 0 Å². The molecule has 0 saturated carbocycles. The summed E-state index contributed by atoms with van der Waals surface area (Å²) in [4.78, 5) is 8.54. The minimum atomic E-state index is 0.614. The second-order valence-electron chi connectivity index (χ2n) is 2.93. The van der Waals surface area contributed by atoms with Gasteiger partial charge in [0.15, 0.2) is 0 Å². The molecule has 0 radical (unpaired) electrons.